The smallest absolute Gasteiger partial charge is 0.183 e. The molecule has 0 aliphatic heterocycles. The van der Waals surface area contributed by atoms with Crippen LogP contribution in [0.25, 0.3) is 0 Å². The number of rotatable bonds is 7. The van der Waals surface area contributed by atoms with Gasteiger partial charge < -0.3 is 14.6 Å². The van der Waals surface area contributed by atoms with Crippen LogP contribution >= 0.6 is 31.9 Å². The van der Waals surface area contributed by atoms with E-state index in [2.05, 4.69) is 62.8 Å². The first-order valence-electron chi connectivity index (χ1n) is 5.96. The molecule has 17 heavy (non-hydrogen) atoms. The van der Waals surface area contributed by atoms with Crippen LogP contribution in [-0.2, 0) is 6.54 Å². The molecule has 0 saturated heterocycles. The zero-order valence-electron chi connectivity index (χ0n) is 10.6. The van der Waals surface area contributed by atoms with Crippen molar-refractivity contribution in [1.29, 1.82) is 0 Å². The van der Waals surface area contributed by atoms with Gasteiger partial charge in [-0.1, -0.05) is 13.8 Å². The Bertz CT molecular complexity index is 318. The van der Waals surface area contributed by atoms with Crippen molar-refractivity contribution in [3.05, 3.63) is 21.0 Å². The molecule has 1 rings (SSSR count). The largest absolute Gasteiger partial charge is 0.452 e. The number of nitrogens with one attached hydrogen (secondary N) is 1. The van der Waals surface area contributed by atoms with Crippen molar-refractivity contribution < 1.29 is 4.42 Å². The van der Waals surface area contributed by atoms with E-state index in [0.29, 0.717) is 6.04 Å². The summed E-state index contributed by atoms with van der Waals surface area (Å²) in [7, 11) is 0. The average Bonchev–Trinajstić information content (AvgIpc) is 2.63. The second kappa shape index (κ2) is 7.56. The zero-order valence-corrected chi connectivity index (χ0v) is 13.8. The molecule has 0 radical (unpaired) electrons. The molecular formula is C12H20Br2N2O. The van der Waals surface area contributed by atoms with E-state index >= 15 is 0 Å². The van der Waals surface area contributed by atoms with Gasteiger partial charge in [0, 0.05) is 12.6 Å². The highest BCUT2D eigenvalue weighted by molar-refractivity contribution is 9.13. The van der Waals surface area contributed by atoms with Crippen LogP contribution in [0.15, 0.2) is 19.6 Å². The summed E-state index contributed by atoms with van der Waals surface area (Å²) in [6.07, 6.45) is 0. The summed E-state index contributed by atoms with van der Waals surface area (Å²) in [6, 6.07) is 2.44. The Balaban J connectivity index is 2.35. The lowest BCUT2D eigenvalue weighted by Gasteiger charge is -2.23. The fraction of sp³-hybridized carbons (Fsp3) is 0.667. The van der Waals surface area contributed by atoms with Gasteiger partial charge in [0.2, 0.25) is 0 Å². The fourth-order valence-corrected chi connectivity index (χ4v) is 2.35. The second-order valence-corrected chi connectivity index (χ2v) is 5.68. The summed E-state index contributed by atoms with van der Waals surface area (Å²) in [4.78, 5) is 2.41. The minimum atomic E-state index is 0.456. The topological polar surface area (TPSA) is 28.4 Å². The number of likely N-dealkylation sites (N-methyl/N-ethyl adjacent to an activating group) is 1. The SMILES string of the molecule is CCN(CC)CC(C)NCc1cc(Br)c(Br)o1. The van der Waals surface area contributed by atoms with Crippen LogP contribution in [0, 0.1) is 0 Å². The van der Waals surface area contributed by atoms with E-state index in [0.717, 1.165) is 41.1 Å². The Morgan fingerprint density at radius 2 is 2.00 bits per heavy atom. The van der Waals surface area contributed by atoms with Crippen molar-refractivity contribution in [2.75, 3.05) is 19.6 Å². The Labute approximate surface area is 120 Å². The van der Waals surface area contributed by atoms with Gasteiger partial charge in [-0.2, -0.15) is 0 Å². The lowest BCUT2D eigenvalue weighted by Crippen LogP contribution is -2.38. The summed E-state index contributed by atoms with van der Waals surface area (Å²) in [6.45, 7) is 10.6. The highest BCUT2D eigenvalue weighted by atomic mass is 79.9. The van der Waals surface area contributed by atoms with Gasteiger partial charge in [0.05, 0.1) is 11.0 Å². The van der Waals surface area contributed by atoms with E-state index in [1.54, 1.807) is 0 Å². The van der Waals surface area contributed by atoms with E-state index in [-0.39, 0.29) is 0 Å². The molecule has 0 spiro atoms. The molecule has 3 nitrogen and oxygen atoms in total. The quantitative estimate of drug-likeness (QED) is 0.797. The molecule has 5 heteroatoms. The Kier molecular flexibility index (Phi) is 6.77. The van der Waals surface area contributed by atoms with Gasteiger partial charge in [-0.3, -0.25) is 0 Å². The minimum absolute atomic E-state index is 0.456. The molecule has 1 atom stereocenters. The molecule has 1 unspecified atom stereocenters. The normalized spacial score (nSPS) is 13.3. The van der Waals surface area contributed by atoms with Crippen molar-refractivity contribution >= 4 is 31.9 Å². The zero-order chi connectivity index (χ0) is 12.8. The molecule has 0 fully saturated rings. The first-order chi connectivity index (χ1) is 8.06. The molecule has 0 aliphatic rings. The maximum Gasteiger partial charge on any atom is 0.183 e. The summed E-state index contributed by atoms with van der Waals surface area (Å²) < 4.78 is 7.23. The van der Waals surface area contributed by atoms with Crippen molar-refractivity contribution in [3.8, 4) is 0 Å². The van der Waals surface area contributed by atoms with Gasteiger partial charge in [0.25, 0.3) is 0 Å². The van der Waals surface area contributed by atoms with E-state index in [9.17, 15) is 0 Å². The molecule has 98 valence electrons. The van der Waals surface area contributed by atoms with Crippen LogP contribution < -0.4 is 5.32 Å². The Hall–Kier alpha value is 0.160. The van der Waals surface area contributed by atoms with Crippen LogP contribution in [0.4, 0.5) is 0 Å². The maximum atomic E-state index is 5.52. The molecule has 1 aromatic rings. The highest BCUT2D eigenvalue weighted by Crippen LogP contribution is 2.26. The molecule has 0 amide bonds. The molecule has 0 saturated carbocycles. The third-order valence-electron chi connectivity index (χ3n) is 2.75. The van der Waals surface area contributed by atoms with Crippen LogP contribution in [0.2, 0.25) is 0 Å². The Morgan fingerprint density at radius 1 is 1.35 bits per heavy atom. The summed E-state index contributed by atoms with van der Waals surface area (Å²) in [5.74, 6) is 0.940. The van der Waals surface area contributed by atoms with Crippen LogP contribution in [0.5, 0.6) is 0 Å². The van der Waals surface area contributed by atoms with Crippen LogP contribution in [0.1, 0.15) is 26.5 Å². The molecule has 1 aromatic heterocycles. The average molecular weight is 368 g/mol. The standard InChI is InChI=1S/C12H20Br2N2O/c1-4-16(5-2)8-9(3)15-7-10-6-11(13)12(14)17-10/h6,9,15H,4-5,7-8H2,1-3H3. The van der Waals surface area contributed by atoms with Gasteiger partial charge in [0.15, 0.2) is 4.67 Å². The summed E-state index contributed by atoms with van der Waals surface area (Å²) >= 11 is 6.75. The number of nitrogens with zero attached hydrogens (tertiary/aromatic N) is 1. The van der Waals surface area contributed by atoms with E-state index in [1.165, 1.54) is 0 Å². The number of hydrogen-bond donors (Lipinski definition) is 1. The van der Waals surface area contributed by atoms with Gasteiger partial charge in [-0.05, 0) is 57.9 Å². The van der Waals surface area contributed by atoms with Gasteiger partial charge in [0.1, 0.15) is 5.76 Å². The van der Waals surface area contributed by atoms with Gasteiger partial charge in [-0.25, -0.2) is 0 Å². The number of furan rings is 1. The monoisotopic (exact) mass is 366 g/mol. The third-order valence-corrected chi connectivity index (χ3v) is 4.46. The lowest BCUT2D eigenvalue weighted by molar-refractivity contribution is 0.268. The third kappa shape index (κ3) is 5.12. The minimum Gasteiger partial charge on any atom is -0.452 e. The molecule has 1 N–H and O–H groups in total. The van der Waals surface area contributed by atoms with Crippen LogP contribution in [-0.4, -0.2) is 30.6 Å². The first-order valence-corrected chi connectivity index (χ1v) is 7.54. The van der Waals surface area contributed by atoms with Crippen molar-refractivity contribution in [3.63, 3.8) is 0 Å². The van der Waals surface area contributed by atoms with E-state index < -0.39 is 0 Å². The lowest BCUT2D eigenvalue weighted by atomic mass is 10.3. The summed E-state index contributed by atoms with van der Waals surface area (Å²) in [5, 5.41) is 3.46. The molecule has 0 aliphatic carbocycles. The van der Waals surface area contributed by atoms with Crippen molar-refractivity contribution in [2.45, 2.75) is 33.4 Å². The summed E-state index contributed by atoms with van der Waals surface area (Å²) in [5.41, 5.74) is 0. The van der Waals surface area contributed by atoms with E-state index in [1.807, 2.05) is 6.07 Å². The second-order valence-electron chi connectivity index (χ2n) is 4.10. The molecule has 0 bridgehead atoms. The first kappa shape index (κ1) is 15.2. The predicted octanol–water partition coefficient (Wildman–Crippen LogP) is 3.62. The van der Waals surface area contributed by atoms with Gasteiger partial charge in [-0.15, -0.1) is 0 Å². The number of hydrogen-bond acceptors (Lipinski definition) is 3. The van der Waals surface area contributed by atoms with Gasteiger partial charge >= 0.3 is 0 Å². The molecular weight excluding hydrogens is 348 g/mol. The maximum absolute atomic E-state index is 5.52. The highest BCUT2D eigenvalue weighted by Gasteiger charge is 2.09. The molecule has 0 aromatic carbocycles. The Morgan fingerprint density at radius 3 is 2.47 bits per heavy atom. The molecule has 1 heterocycles. The van der Waals surface area contributed by atoms with Crippen LogP contribution in [0.3, 0.4) is 0 Å². The van der Waals surface area contributed by atoms with Crippen molar-refractivity contribution in [2.24, 2.45) is 0 Å². The predicted molar refractivity (Wildman–Crippen MR) is 78.2 cm³/mol. The van der Waals surface area contributed by atoms with E-state index in [4.69, 9.17) is 4.42 Å². The fourth-order valence-electron chi connectivity index (χ4n) is 1.69. The van der Waals surface area contributed by atoms with Crippen molar-refractivity contribution in [1.82, 2.24) is 10.2 Å². The number of halogens is 2.